The first-order chi connectivity index (χ1) is 16.1. The second-order valence-corrected chi connectivity index (χ2v) is 9.57. The number of aromatic nitrogens is 2. The number of hydrogen-bond acceptors (Lipinski definition) is 5. The highest BCUT2D eigenvalue weighted by Gasteiger charge is 2.33. The molecular formula is C24H18F4N2O3S. The van der Waals surface area contributed by atoms with Crippen molar-refractivity contribution in [1.29, 1.82) is 0 Å². The second kappa shape index (κ2) is 9.02. The first kappa shape index (κ1) is 23.6. The molecule has 0 amide bonds. The van der Waals surface area contributed by atoms with Gasteiger partial charge in [0.15, 0.2) is 9.84 Å². The zero-order chi connectivity index (χ0) is 24.5. The number of alkyl halides is 3. The van der Waals surface area contributed by atoms with Crippen LogP contribution in [0.2, 0.25) is 0 Å². The number of para-hydroxylation sites is 1. The van der Waals surface area contributed by atoms with E-state index in [2.05, 4.69) is 9.97 Å². The lowest BCUT2D eigenvalue weighted by atomic mass is 10.0. The Hall–Kier alpha value is -3.53. The minimum atomic E-state index is -4.64. The van der Waals surface area contributed by atoms with E-state index in [9.17, 15) is 26.0 Å². The molecular weight excluding hydrogens is 472 g/mol. The molecule has 0 fully saturated rings. The third-order valence-corrected chi connectivity index (χ3v) is 6.95. The van der Waals surface area contributed by atoms with Crippen LogP contribution in [-0.4, -0.2) is 24.1 Å². The van der Waals surface area contributed by atoms with Gasteiger partial charge in [-0.05, 0) is 48.9 Å². The minimum absolute atomic E-state index is 0.0160. The summed E-state index contributed by atoms with van der Waals surface area (Å²) >= 11 is 0. The maximum atomic E-state index is 14.7. The van der Waals surface area contributed by atoms with Crippen molar-refractivity contribution in [3.63, 3.8) is 0 Å². The van der Waals surface area contributed by atoms with Crippen LogP contribution < -0.4 is 4.74 Å². The van der Waals surface area contributed by atoms with Crippen LogP contribution in [0.1, 0.15) is 18.9 Å². The molecule has 0 aliphatic carbocycles. The Morgan fingerprint density at radius 3 is 2.41 bits per heavy atom. The summed E-state index contributed by atoms with van der Waals surface area (Å²) in [4.78, 5) is 7.88. The van der Waals surface area contributed by atoms with Gasteiger partial charge in [0.05, 0.1) is 27.4 Å². The molecule has 0 N–H and O–H groups in total. The standard InChI is InChI=1S/C24H18F4N2O3S/c1-2-11-34(31,32)17-6-3-5-15(12-17)33-16-9-10-21(25)19(13-16)22-18-7-4-8-20(24(26,27)28)23(18)30-14-29-22/h3-10,12-14H,2,11H2,1H3. The average Bonchev–Trinajstić information content (AvgIpc) is 2.79. The van der Waals surface area contributed by atoms with Gasteiger partial charge >= 0.3 is 6.18 Å². The Balaban J connectivity index is 1.76. The van der Waals surface area contributed by atoms with Gasteiger partial charge in [-0.2, -0.15) is 13.2 Å². The van der Waals surface area contributed by atoms with Crippen molar-refractivity contribution in [3.8, 4) is 22.8 Å². The molecule has 0 saturated carbocycles. The fraction of sp³-hybridized carbons (Fsp3) is 0.167. The Bertz CT molecular complexity index is 1470. The lowest BCUT2D eigenvalue weighted by Crippen LogP contribution is -2.07. The van der Waals surface area contributed by atoms with Gasteiger partial charge in [-0.15, -0.1) is 0 Å². The highest BCUT2D eigenvalue weighted by Crippen LogP contribution is 2.37. The van der Waals surface area contributed by atoms with Crippen LogP contribution >= 0.6 is 0 Å². The van der Waals surface area contributed by atoms with Gasteiger partial charge in [-0.3, -0.25) is 0 Å². The fourth-order valence-electron chi connectivity index (χ4n) is 3.53. The first-order valence-corrected chi connectivity index (χ1v) is 11.9. The number of halogens is 4. The summed E-state index contributed by atoms with van der Waals surface area (Å²) in [7, 11) is -3.47. The molecule has 4 rings (SSSR count). The molecule has 0 radical (unpaired) electrons. The summed E-state index contributed by atoms with van der Waals surface area (Å²) in [6, 6.07) is 13.1. The molecule has 0 aliphatic rings. The van der Waals surface area contributed by atoms with Gasteiger partial charge in [-0.25, -0.2) is 22.8 Å². The van der Waals surface area contributed by atoms with E-state index in [1.165, 1.54) is 42.5 Å². The molecule has 10 heteroatoms. The van der Waals surface area contributed by atoms with E-state index >= 15 is 0 Å². The Labute approximate surface area is 193 Å². The molecule has 1 heterocycles. The van der Waals surface area contributed by atoms with E-state index in [1.54, 1.807) is 13.0 Å². The molecule has 1 aromatic heterocycles. The van der Waals surface area contributed by atoms with E-state index < -0.39 is 27.4 Å². The van der Waals surface area contributed by atoms with Gasteiger partial charge in [-0.1, -0.05) is 25.1 Å². The van der Waals surface area contributed by atoms with Crippen LogP contribution in [0.3, 0.4) is 0 Å². The van der Waals surface area contributed by atoms with Crippen molar-refractivity contribution in [2.45, 2.75) is 24.4 Å². The highest BCUT2D eigenvalue weighted by atomic mass is 32.2. The summed E-state index contributed by atoms with van der Waals surface area (Å²) < 4.78 is 85.4. The van der Waals surface area contributed by atoms with Crippen molar-refractivity contribution < 1.29 is 30.7 Å². The molecule has 0 aliphatic heterocycles. The molecule has 34 heavy (non-hydrogen) atoms. The molecule has 0 atom stereocenters. The predicted octanol–water partition coefficient (Wildman–Crippen LogP) is 6.43. The van der Waals surface area contributed by atoms with E-state index in [4.69, 9.17) is 4.74 Å². The van der Waals surface area contributed by atoms with Crippen LogP contribution in [0.15, 0.2) is 71.9 Å². The van der Waals surface area contributed by atoms with Gasteiger partial charge in [0.25, 0.3) is 0 Å². The number of sulfone groups is 1. The van der Waals surface area contributed by atoms with Crippen molar-refractivity contribution in [3.05, 3.63) is 78.4 Å². The monoisotopic (exact) mass is 490 g/mol. The summed E-state index contributed by atoms with van der Waals surface area (Å²) in [5, 5.41) is 0.0287. The van der Waals surface area contributed by atoms with Gasteiger partial charge in [0.2, 0.25) is 0 Å². The normalized spacial score (nSPS) is 12.1. The quantitative estimate of drug-likeness (QED) is 0.291. The molecule has 3 aromatic carbocycles. The third-order valence-electron chi connectivity index (χ3n) is 5.04. The number of hydrogen-bond donors (Lipinski definition) is 0. The van der Waals surface area contributed by atoms with Crippen LogP contribution in [0.25, 0.3) is 22.2 Å². The number of rotatable bonds is 6. The molecule has 0 bridgehead atoms. The Morgan fingerprint density at radius 1 is 0.941 bits per heavy atom. The van der Waals surface area contributed by atoms with E-state index in [-0.39, 0.29) is 44.3 Å². The van der Waals surface area contributed by atoms with Gasteiger partial charge < -0.3 is 4.74 Å². The summed E-state index contributed by atoms with van der Waals surface area (Å²) in [6.07, 6.45) is -3.24. The third kappa shape index (κ3) is 4.72. The largest absolute Gasteiger partial charge is 0.457 e. The van der Waals surface area contributed by atoms with E-state index in [0.29, 0.717) is 6.42 Å². The zero-order valence-corrected chi connectivity index (χ0v) is 18.6. The number of nitrogens with zero attached hydrogens (tertiary/aromatic N) is 2. The molecule has 5 nitrogen and oxygen atoms in total. The first-order valence-electron chi connectivity index (χ1n) is 10.2. The Kier molecular flexibility index (Phi) is 6.26. The lowest BCUT2D eigenvalue weighted by molar-refractivity contribution is -0.136. The van der Waals surface area contributed by atoms with Crippen LogP contribution in [0, 0.1) is 5.82 Å². The van der Waals surface area contributed by atoms with Gasteiger partial charge in [0.1, 0.15) is 23.6 Å². The van der Waals surface area contributed by atoms with Gasteiger partial charge in [0, 0.05) is 10.9 Å². The molecule has 0 unspecified atom stereocenters. The Morgan fingerprint density at radius 2 is 1.68 bits per heavy atom. The van der Waals surface area contributed by atoms with Crippen LogP contribution in [-0.2, 0) is 16.0 Å². The number of ether oxygens (including phenoxy) is 1. The second-order valence-electron chi connectivity index (χ2n) is 7.46. The van der Waals surface area contributed by atoms with E-state index in [0.717, 1.165) is 18.5 Å². The molecule has 0 spiro atoms. The zero-order valence-electron chi connectivity index (χ0n) is 17.8. The van der Waals surface area contributed by atoms with Crippen molar-refractivity contribution in [1.82, 2.24) is 9.97 Å². The molecule has 0 saturated heterocycles. The maximum absolute atomic E-state index is 14.7. The minimum Gasteiger partial charge on any atom is -0.457 e. The predicted molar refractivity (Wildman–Crippen MR) is 119 cm³/mol. The topological polar surface area (TPSA) is 69.2 Å². The molecule has 4 aromatic rings. The van der Waals surface area contributed by atoms with Crippen molar-refractivity contribution in [2.24, 2.45) is 0 Å². The SMILES string of the molecule is CCCS(=O)(=O)c1cccc(Oc2ccc(F)c(-c3ncnc4c(C(F)(F)F)cccc34)c2)c1. The van der Waals surface area contributed by atoms with Crippen molar-refractivity contribution in [2.75, 3.05) is 5.75 Å². The number of fused-ring (bicyclic) bond motifs is 1. The summed E-state index contributed by atoms with van der Waals surface area (Å²) in [6.45, 7) is 1.76. The highest BCUT2D eigenvalue weighted by molar-refractivity contribution is 7.91. The number of benzene rings is 3. The molecule has 176 valence electrons. The average molecular weight is 490 g/mol. The van der Waals surface area contributed by atoms with Crippen LogP contribution in [0.4, 0.5) is 17.6 Å². The van der Waals surface area contributed by atoms with E-state index in [1.807, 2.05) is 0 Å². The lowest BCUT2D eigenvalue weighted by Gasteiger charge is -2.13. The maximum Gasteiger partial charge on any atom is 0.418 e. The van der Waals surface area contributed by atoms with Crippen molar-refractivity contribution >= 4 is 20.7 Å². The van der Waals surface area contributed by atoms with Crippen LogP contribution in [0.5, 0.6) is 11.5 Å². The summed E-state index contributed by atoms with van der Waals surface area (Å²) in [5.41, 5.74) is -1.41. The summed E-state index contributed by atoms with van der Waals surface area (Å²) in [5.74, 6) is -0.372. The fourth-order valence-corrected chi connectivity index (χ4v) is 4.89. The smallest absolute Gasteiger partial charge is 0.418 e.